The van der Waals surface area contributed by atoms with Gasteiger partial charge in [0.1, 0.15) is 0 Å². The van der Waals surface area contributed by atoms with E-state index in [0.29, 0.717) is 19.1 Å². The fourth-order valence-corrected chi connectivity index (χ4v) is 5.47. The van der Waals surface area contributed by atoms with E-state index in [4.69, 9.17) is 0 Å². The molecule has 1 amide bonds. The minimum absolute atomic E-state index is 0.105. The van der Waals surface area contributed by atoms with Gasteiger partial charge in [0.05, 0.1) is 5.56 Å². The van der Waals surface area contributed by atoms with Crippen LogP contribution in [-0.2, 0) is 6.18 Å². The van der Waals surface area contributed by atoms with Crippen molar-refractivity contribution < 1.29 is 18.0 Å². The molecule has 2 aromatic rings. The first-order chi connectivity index (χ1) is 15.7. The first-order valence-electron chi connectivity index (χ1n) is 12.0. The van der Waals surface area contributed by atoms with Gasteiger partial charge < -0.3 is 9.80 Å². The second-order valence-corrected chi connectivity index (χ2v) is 9.80. The number of benzene rings is 2. The van der Waals surface area contributed by atoms with E-state index in [2.05, 4.69) is 43.1 Å². The fraction of sp³-hybridized carbons (Fsp3) is 0.519. The van der Waals surface area contributed by atoms with Crippen LogP contribution in [-0.4, -0.2) is 48.4 Å². The maximum absolute atomic E-state index is 13.2. The van der Waals surface area contributed by atoms with Gasteiger partial charge in [0.15, 0.2) is 0 Å². The second kappa shape index (κ2) is 9.88. The summed E-state index contributed by atoms with van der Waals surface area (Å²) in [5.74, 6) is 0.0989. The highest BCUT2D eigenvalue weighted by Gasteiger charge is 2.38. The van der Waals surface area contributed by atoms with Crippen LogP contribution in [0.2, 0.25) is 0 Å². The number of likely N-dealkylation sites (tertiary alicyclic amines) is 1. The zero-order valence-corrected chi connectivity index (χ0v) is 19.4. The SMILES string of the molecule is Cc1ccc([C@@H]2CN(C(=O)c3cccc(C(F)(F)F)c3)C[C@@H]2CN(C)C2CCCCC2)cc1. The third-order valence-electron chi connectivity index (χ3n) is 7.39. The van der Waals surface area contributed by atoms with Gasteiger partial charge in [-0.3, -0.25) is 4.79 Å². The lowest BCUT2D eigenvalue weighted by atomic mass is 9.87. The molecule has 0 unspecified atom stereocenters. The van der Waals surface area contributed by atoms with Crippen LogP contribution in [0.5, 0.6) is 0 Å². The van der Waals surface area contributed by atoms with Crippen LogP contribution in [0.15, 0.2) is 48.5 Å². The highest BCUT2D eigenvalue weighted by atomic mass is 19.4. The zero-order valence-electron chi connectivity index (χ0n) is 19.4. The molecule has 178 valence electrons. The molecule has 1 saturated carbocycles. The maximum Gasteiger partial charge on any atom is 0.416 e. The van der Waals surface area contributed by atoms with E-state index in [1.54, 1.807) is 4.90 Å². The molecular weight excluding hydrogens is 425 g/mol. The third-order valence-corrected chi connectivity index (χ3v) is 7.39. The molecule has 0 bridgehead atoms. The second-order valence-electron chi connectivity index (χ2n) is 9.80. The Bertz CT molecular complexity index is 951. The third kappa shape index (κ3) is 5.60. The molecule has 4 rings (SSSR count). The first kappa shape index (κ1) is 23.8. The van der Waals surface area contributed by atoms with Gasteiger partial charge in [0.25, 0.3) is 5.91 Å². The average molecular weight is 459 g/mol. The van der Waals surface area contributed by atoms with Crippen molar-refractivity contribution in [1.82, 2.24) is 9.80 Å². The van der Waals surface area contributed by atoms with Gasteiger partial charge in [0, 0.05) is 37.2 Å². The van der Waals surface area contributed by atoms with E-state index in [-0.39, 0.29) is 23.3 Å². The van der Waals surface area contributed by atoms with Crippen LogP contribution in [0.3, 0.4) is 0 Å². The van der Waals surface area contributed by atoms with E-state index in [1.807, 2.05) is 0 Å². The van der Waals surface area contributed by atoms with Crippen molar-refractivity contribution in [2.24, 2.45) is 5.92 Å². The number of carbonyl (C=O) groups is 1. The topological polar surface area (TPSA) is 23.6 Å². The van der Waals surface area contributed by atoms with Gasteiger partial charge >= 0.3 is 6.18 Å². The summed E-state index contributed by atoms with van der Waals surface area (Å²) in [6.07, 6.45) is 1.80. The van der Waals surface area contributed by atoms with Gasteiger partial charge in [0.2, 0.25) is 0 Å². The van der Waals surface area contributed by atoms with E-state index < -0.39 is 11.7 Å². The molecule has 2 fully saturated rings. The van der Waals surface area contributed by atoms with Crippen LogP contribution in [0, 0.1) is 12.8 Å². The normalized spacial score (nSPS) is 22.2. The summed E-state index contributed by atoms with van der Waals surface area (Å²) in [5, 5.41) is 0. The lowest BCUT2D eigenvalue weighted by Gasteiger charge is -2.34. The lowest BCUT2D eigenvalue weighted by molar-refractivity contribution is -0.137. The Morgan fingerprint density at radius 2 is 1.73 bits per heavy atom. The lowest BCUT2D eigenvalue weighted by Crippen LogP contribution is -2.39. The summed E-state index contributed by atoms with van der Waals surface area (Å²) in [7, 11) is 2.18. The number of hydrogen-bond acceptors (Lipinski definition) is 2. The Balaban J connectivity index is 1.55. The largest absolute Gasteiger partial charge is 0.416 e. The minimum Gasteiger partial charge on any atom is -0.338 e. The molecule has 1 saturated heterocycles. The Hall–Kier alpha value is -2.34. The molecule has 0 aromatic heterocycles. The summed E-state index contributed by atoms with van der Waals surface area (Å²) in [6.45, 7) is 4.03. The summed E-state index contributed by atoms with van der Waals surface area (Å²) in [4.78, 5) is 17.4. The number of nitrogens with zero attached hydrogens (tertiary/aromatic N) is 2. The smallest absolute Gasteiger partial charge is 0.338 e. The molecule has 1 aliphatic heterocycles. The van der Waals surface area contributed by atoms with Gasteiger partial charge in [-0.15, -0.1) is 0 Å². The van der Waals surface area contributed by atoms with Crippen molar-refractivity contribution >= 4 is 5.91 Å². The number of halogens is 3. The van der Waals surface area contributed by atoms with Gasteiger partial charge in [-0.05, 0) is 56.5 Å². The van der Waals surface area contributed by atoms with Crippen molar-refractivity contribution in [3.63, 3.8) is 0 Å². The predicted molar refractivity (Wildman–Crippen MR) is 124 cm³/mol. The average Bonchev–Trinajstić information content (AvgIpc) is 3.23. The number of rotatable bonds is 5. The molecule has 0 spiro atoms. The van der Waals surface area contributed by atoms with Gasteiger partial charge in [-0.1, -0.05) is 55.2 Å². The number of alkyl halides is 3. The maximum atomic E-state index is 13.2. The van der Waals surface area contributed by atoms with Crippen LogP contribution in [0.25, 0.3) is 0 Å². The summed E-state index contributed by atoms with van der Waals surface area (Å²) in [5.41, 5.74) is 1.71. The van der Waals surface area contributed by atoms with Crippen LogP contribution in [0.4, 0.5) is 13.2 Å². The zero-order chi connectivity index (χ0) is 23.6. The number of amides is 1. The van der Waals surface area contributed by atoms with E-state index in [9.17, 15) is 18.0 Å². The Kier molecular flexibility index (Phi) is 7.13. The van der Waals surface area contributed by atoms with Crippen LogP contribution in [0.1, 0.15) is 65.1 Å². The highest BCUT2D eigenvalue weighted by Crippen LogP contribution is 2.36. The first-order valence-corrected chi connectivity index (χ1v) is 12.0. The summed E-state index contributed by atoms with van der Waals surface area (Å²) in [6, 6.07) is 13.8. The Morgan fingerprint density at radius 1 is 1.03 bits per heavy atom. The van der Waals surface area contributed by atoms with Crippen molar-refractivity contribution in [2.45, 2.75) is 57.2 Å². The van der Waals surface area contributed by atoms with Gasteiger partial charge in [-0.2, -0.15) is 13.2 Å². The molecule has 1 heterocycles. The minimum atomic E-state index is -4.46. The molecule has 33 heavy (non-hydrogen) atoms. The van der Waals surface area contributed by atoms with E-state index in [1.165, 1.54) is 55.4 Å². The van der Waals surface area contributed by atoms with Crippen molar-refractivity contribution in [3.05, 3.63) is 70.8 Å². The highest BCUT2D eigenvalue weighted by molar-refractivity contribution is 5.94. The Labute approximate surface area is 194 Å². The standard InChI is InChI=1S/C27H33F3N2O/c1-19-11-13-20(14-12-19)25-18-32(17-22(25)16-31(2)24-9-4-3-5-10-24)26(33)21-7-6-8-23(15-21)27(28,29)30/h6-8,11-15,22,24-25H,3-5,9-10,16-18H2,1-2H3/t22-,25-/m0/s1. The number of carbonyl (C=O) groups excluding carboxylic acids is 1. The summed E-state index contributed by atoms with van der Waals surface area (Å²) < 4.78 is 39.5. The Morgan fingerprint density at radius 3 is 2.39 bits per heavy atom. The van der Waals surface area contributed by atoms with Crippen molar-refractivity contribution in [2.75, 3.05) is 26.7 Å². The van der Waals surface area contributed by atoms with E-state index >= 15 is 0 Å². The number of hydrogen-bond donors (Lipinski definition) is 0. The quantitative estimate of drug-likeness (QED) is 0.538. The van der Waals surface area contributed by atoms with Crippen LogP contribution < -0.4 is 0 Å². The molecule has 1 aliphatic carbocycles. The molecule has 0 N–H and O–H groups in total. The number of aryl methyl sites for hydroxylation is 1. The fourth-order valence-electron chi connectivity index (χ4n) is 5.47. The molecule has 0 radical (unpaired) electrons. The van der Waals surface area contributed by atoms with Crippen molar-refractivity contribution in [1.29, 1.82) is 0 Å². The predicted octanol–water partition coefficient (Wildman–Crippen LogP) is 6.13. The summed E-state index contributed by atoms with van der Waals surface area (Å²) >= 11 is 0. The van der Waals surface area contributed by atoms with E-state index in [0.717, 1.165) is 18.7 Å². The monoisotopic (exact) mass is 458 g/mol. The molecular formula is C27H33F3N2O. The molecule has 2 aromatic carbocycles. The van der Waals surface area contributed by atoms with Gasteiger partial charge in [-0.25, -0.2) is 0 Å². The molecule has 2 aliphatic rings. The van der Waals surface area contributed by atoms with Crippen LogP contribution >= 0.6 is 0 Å². The molecule has 3 nitrogen and oxygen atoms in total. The molecule has 2 atom stereocenters. The van der Waals surface area contributed by atoms with Crippen molar-refractivity contribution in [3.8, 4) is 0 Å². The molecule has 6 heteroatoms.